The van der Waals surface area contributed by atoms with Gasteiger partial charge in [0.25, 0.3) is 0 Å². The fraction of sp³-hybridized carbons (Fsp3) is 0.923. The molecule has 0 aromatic rings. The van der Waals surface area contributed by atoms with E-state index in [1.54, 1.807) is 0 Å². The summed E-state index contributed by atoms with van der Waals surface area (Å²) in [5.41, 5.74) is 0. The normalized spacial score (nSPS) is 51.5. The average molecular weight is 1150 g/mol. The minimum atomic E-state index is -1.99. The Labute approximate surface area is 440 Å². The van der Waals surface area contributed by atoms with Gasteiger partial charge in [-0.2, -0.15) is 0 Å². The van der Waals surface area contributed by atoms with E-state index < -0.39 is 224 Å². The van der Waals surface area contributed by atoms with E-state index in [4.69, 9.17) is 79.3 Å². The fourth-order valence-electron chi connectivity index (χ4n) is 8.93. The number of aliphatic hydroxyl groups excluding tert-OH is 18. The number of rotatable bonds is 0. The summed E-state index contributed by atoms with van der Waals surface area (Å²) in [7, 11) is 0. The first kappa shape index (κ1) is 60.6. The molecule has 432 valence electrons. The van der Waals surface area contributed by atoms with E-state index in [0.717, 1.165) is 0 Å². The highest BCUT2D eigenvalue weighted by Crippen LogP contribution is 2.32. The highest BCUT2D eigenvalue weighted by atomic mass is 32.1. The molecule has 0 saturated carbocycles. The molecule has 33 nitrogen and oxygen atoms in total. The fourth-order valence-corrected chi connectivity index (χ4v) is 9.43. The summed E-state index contributed by atoms with van der Waals surface area (Å²) in [6.45, 7) is -2.54. The Balaban J connectivity index is 1.07. The Kier molecular flexibility index (Phi) is 21.1. The van der Waals surface area contributed by atoms with E-state index in [1.165, 1.54) is 0 Å². The second kappa shape index (κ2) is 26.1. The molecule has 7 rings (SSSR count). The van der Waals surface area contributed by atoms with Crippen molar-refractivity contribution in [3.05, 3.63) is 0 Å². The van der Waals surface area contributed by atoms with Gasteiger partial charge >= 0.3 is 0 Å². The molecule has 7 saturated heterocycles. The molecule has 75 heavy (non-hydrogen) atoms. The van der Waals surface area contributed by atoms with Gasteiger partial charge in [0.15, 0.2) is 53.1 Å². The van der Waals surface area contributed by atoms with Crippen LogP contribution in [0, 0.1) is 0 Å². The van der Waals surface area contributed by atoms with Crippen molar-refractivity contribution in [2.24, 2.45) is 0 Å². The number of thiocarbonyl (C=S) groups is 3. The number of hydrogen-bond donors (Lipinski definition) is 24. The van der Waals surface area contributed by atoms with Crippen molar-refractivity contribution in [3.8, 4) is 0 Å². The first-order chi connectivity index (χ1) is 35.4. The molecule has 0 amide bonds. The van der Waals surface area contributed by atoms with Crippen LogP contribution in [0.25, 0.3) is 0 Å². The number of aliphatic hydroxyl groups is 18. The standard InChI is InChI=1S/C39H66N6O27S3/c46-13-7-1-40-37(73)41-2-8-14(47)20(53)27(60)33(65-8)71-34-28(61)22(55)16(49)10(67-34)4-44-39(75)45-6-12-18(51)24(57)30(63)36(69-12)72-35-29(62)23(56)17(50)11(68-35)5-43-38(74)42-3-9-15(48)21(54)26(59)32(66-9)70-31(64-7)25(58)19(13)52/h7-36,46-63H,1-6H2,(H2,40,41,73)(H2,42,43,74)(H2,44,45,75)/t7-,8-,9-,10-,11-,12-,13-,14-,15-,16-,17-,18-,19+,20+,21+,22+,23+,24+,25-,26-,27-,28-,29-,30-,31-,32-,33-,34-,35-,36-/m1/s1. The van der Waals surface area contributed by atoms with Crippen molar-refractivity contribution in [2.75, 3.05) is 39.3 Å². The molecule has 7 aliphatic heterocycles. The van der Waals surface area contributed by atoms with E-state index in [2.05, 4.69) is 31.9 Å². The van der Waals surface area contributed by atoms with Gasteiger partial charge in [-0.15, -0.1) is 0 Å². The van der Waals surface area contributed by atoms with Crippen LogP contribution in [0.2, 0.25) is 0 Å². The van der Waals surface area contributed by atoms with Crippen molar-refractivity contribution >= 4 is 52.0 Å². The van der Waals surface area contributed by atoms with Crippen LogP contribution in [0.1, 0.15) is 0 Å². The van der Waals surface area contributed by atoms with Gasteiger partial charge in [-0.1, -0.05) is 0 Å². The second-order valence-electron chi connectivity index (χ2n) is 18.8. The largest absolute Gasteiger partial charge is 0.388 e. The second-order valence-corrected chi connectivity index (χ2v) is 20.0. The summed E-state index contributed by atoms with van der Waals surface area (Å²) in [4.78, 5) is 0. The highest BCUT2D eigenvalue weighted by molar-refractivity contribution is 7.80. The third-order valence-corrected chi connectivity index (χ3v) is 14.5. The molecule has 7 aliphatic rings. The van der Waals surface area contributed by atoms with Crippen LogP contribution in [-0.2, 0) is 42.6 Å². The van der Waals surface area contributed by atoms with Crippen molar-refractivity contribution in [1.82, 2.24) is 31.9 Å². The third-order valence-electron chi connectivity index (χ3n) is 13.6. The quantitative estimate of drug-likeness (QED) is 0.100. The Hall–Kier alpha value is -2.01. The summed E-state index contributed by atoms with van der Waals surface area (Å²) < 4.78 is 51.1. The molecule has 0 spiro atoms. The Morgan fingerprint density at radius 2 is 0.347 bits per heavy atom. The zero-order chi connectivity index (χ0) is 54.9. The number of nitrogens with one attached hydrogen (secondary N) is 6. The lowest BCUT2D eigenvalue weighted by Crippen LogP contribution is -2.66. The van der Waals surface area contributed by atoms with E-state index in [0.29, 0.717) is 0 Å². The minimum Gasteiger partial charge on any atom is -0.388 e. The topological polar surface area (TPSA) is 519 Å². The predicted molar refractivity (Wildman–Crippen MR) is 249 cm³/mol. The van der Waals surface area contributed by atoms with Crippen molar-refractivity contribution in [2.45, 2.75) is 184 Å². The molecule has 0 radical (unpaired) electrons. The third kappa shape index (κ3) is 13.8. The Bertz CT molecular complexity index is 1580. The van der Waals surface area contributed by atoms with E-state index in [1.807, 2.05) is 0 Å². The lowest BCUT2D eigenvalue weighted by molar-refractivity contribution is -0.372. The zero-order valence-corrected chi connectivity index (χ0v) is 41.5. The Morgan fingerprint density at radius 1 is 0.213 bits per heavy atom. The minimum absolute atomic E-state index is 0.210. The molecule has 36 heteroatoms. The van der Waals surface area contributed by atoms with Gasteiger partial charge in [0.2, 0.25) is 0 Å². The van der Waals surface area contributed by atoms with Crippen molar-refractivity contribution in [1.29, 1.82) is 0 Å². The summed E-state index contributed by atoms with van der Waals surface area (Å²) in [5.74, 6) is 0. The van der Waals surface area contributed by atoms with Crippen LogP contribution in [0.3, 0.4) is 0 Å². The molecule has 0 aromatic heterocycles. The monoisotopic (exact) mass is 1150 g/mol. The van der Waals surface area contributed by atoms with Crippen LogP contribution in [0.15, 0.2) is 0 Å². The van der Waals surface area contributed by atoms with Gasteiger partial charge in [0, 0.05) is 39.3 Å². The van der Waals surface area contributed by atoms with Gasteiger partial charge in [-0.25, -0.2) is 0 Å². The van der Waals surface area contributed by atoms with Gasteiger partial charge < -0.3 is 166 Å². The van der Waals surface area contributed by atoms with Crippen LogP contribution >= 0.6 is 36.7 Å². The van der Waals surface area contributed by atoms with Gasteiger partial charge in [-0.05, 0) is 36.7 Å². The molecule has 0 unspecified atom stereocenters. The van der Waals surface area contributed by atoms with Crippen LogP contribution in [0.5, 0.6) is 0 Å². The average Bonchev–Trinajstić information content (AvgIpc) is 3.38. The molecule has 24 N–H and O–H groups in total. The van der Waals surface area contributed by atoms with Gasteiger partial charge in [0.1, 0.15) is 146 Å². The summed E-state index contributed by atoms with van der Waals surface area (Å²) in [6, 6.07) is 0. The number of hydrogen-bond acceptors (Lipinski definition) is 30. The van der Waals surface area contributed by atoms with E-state index >= 15 is 0 Å². The highest BCUT2D eigenvalue weighted by Gasteiger charge is 2.53. The molecule has 0 aliphatic carbocycles. The SMILES string of the molecule is O[C@@H]1[C@@H](O)[C@H]2O[C@H]3O[C@H](CNC(=S)NC[C@H]4O[C@H](O[C@H]5O[C@H](CNC(=S)NC[C@H]6O[C@H](O[C@H]7O[C@H](CNC(=S)NC[C@@H](O2)[C@H]1O)[C@@H](O)[C@H](O)[C@H]7O)[C@H](O)[C@@H](O)[C@@H]6O)[C@@H](O)[C@H](O)[C@H]5O)[C@H](O)[C@@H](O)[C@@H]4O)[C@@H](O)[C@H](O)[C@H]3O. The van der Waals surface area contributed by atoms with Crippen molar-refractivity contribution < 1.29 is 135 Å². The molecule has 12 bridgehead atoms. The van der Waals surface area contributed by atoms with Crippen LogP contribution in [-0.4, -0.2) is 331 Å². The van der Waals surface area contributed by atoms with Crippen LogP contribution < -0.4 is 31.9 Å². The molecular weight excluding hydrogens is 1080 g/mol. The summed E-state index contributed by atoms with van der Waals surface area (Å²) in [6.07, 6.45) is -54.4. The summed E-state index contributed by atoms with van der Waals surface area (Å²) >= 11 is 15.9. The first-order valence-electron chi connectivity index (χ1n) is 23.6. The number of ether oxygens (including phenoxy) is 9. The Morgan fingerprint density at radius 3 is 0.480 bits per heavy atom. The molecule has 0 aromatic carbocycles. The maximum absolute atomic E-state index is 10.8. The lowest BCUT2D eigenvalue weighted by Gasteiger charge is -2.45. The zero-order valence-electron chi connectivity index (χ0n) is 39.0. The molecular formula is C39H66N6O27S3. The van der Waals surface area contributed by atoms with Gasteiger partial charge in [-0.3, -0.25) is 0 Å². The van der Waals surface area contributed by atoms with E-state index in [9.17, 15) is 91.9 Å². The predicted octanol–water partition coefficient (Wildman–Crippen LogP) is -14.7. The molecule has 30 atom stereocenters. The smallest absolute Gasteiger partial charge is 0.189 e. The number of fused-ring (bicyclic) bond motifs is 12. The van der Waals surface area contributed by atoms with Crippen LogP contribution in [0.4, 0.5) is 0 Å². The first-order valence-corrected chi connectivity index (χ1v) is 24.8. The maximum Gasteiger partial charge on any atom is 0.189 e. The molecule has 7 heterocycles. The summed E-state index contributed by atoms with van der Waals surface area (Å²) in [5, 5.41) is 209. The van der Waals surface area contributed by atoms with Crippen molar-refractivity contribution in [3.63, 3.8) is 0 Å². The molecule has 7 fully saturated rings. The van der Waals surface area contributed by atoms with Gasteiger partial charge in [0.05, 0.1) is 0 Å². The van der Waals surface area contributed by atoms with E-state index in [-0.39, 0.29) is 15.3 Å². The maximum atomic E-state index is 10.8. The lowest BCUT2D eigenvalue weighted by atomic mass is 9.97.